The molecular weight excluding hydrogens is 261 g/mol. The number of hydrogen-bond acceptors (Lipinski definition) is 1. The molecule has 2 heteroatoms. The lowest BCUT2D eigenvalue weighted by atomic mass is 9.96. The van der Waals surface area contributed by atoms with Crippen molar-refractivity contribution < 1.29 is 4.39 Å². The molecule has 0 saturated heterocycles. The highest BCUT2D eigenvalue weighted by Gasteiger charge is 2.23. The molecule has 108 valence electrons. The number of benzene rings is 2. The minimum absolute atomic E-state index is 0.136. The highest BCUT2D eigenvalue weighted by atomic mass is 19.1. The second-order valence-electron chi connectivity index (χ2n) is 6.04. The first-order chi connectivity index (χ1) is 9.97. The normalized spacial score (nSPS) is 14.0. The fourth-order valence-corrected chi connectivity index (χ4v) is 2.83. The Balaban J connectivity index is 2.11. The van der Waals surface area contributed by atoms with Crippen LogP contribution in [0.3, 0.4) is 0 Å². The lowest BCUT2D eigenvalue weighted by molar-refractivity contribution is 0.617. The molecule has 0 fully saturated rings. The van der Waals surface area contributed by atoms with Crippen LogP contribution >= 0.6 is 0 Å². The first-order valence-corrected chi connectivity index (χ1v) is 7.31. The van der Waals surface area contributed by atoms with Gasteiger partial charge in [0.05, 0.1) is 0 Å². The van der Waals surface area contributed by atoms with Gasteiger partial charge in [0, 0.05) is 30.4 Å². The summed E-state index contributed by atoms with van der Waals surface area (Å²) in [6, 6.07) is 12.1. The van der Waals surface area contributed by atoms with Gasteiger partial charge in [-0.3, -0.25) is 0 Å². The molecule has 0 spiro atoms. The van der Waals surface area contributed by atoms with E-state index in [4.69, 9.17) is 0 Å². The van der Waals surface area contributed by atoms with Crippen LogP contribution < -0.4 is 4.90 Å². The zero-order chi connectivity index (χ0) is 15.1. The molecule has 3 rings (SSSR count). The van der Waals surface area contributed by atoms with Crippen LogP contribution in [0.1, 0.15) is 30.9 Å². The number of rotatable bonds is 2. The molecule has 0 bridgehead atoms. The Labute approximate surface area is 125 Å². The van der Waals surface area contributed by atoms with E-state index in [9.17, 15) is 4.39 Å². The number of allylic oxidation sites excluding steroid dienone is 1. The van der Waals surface area contributed by atoms with Gasteiger partial charge in [0.1, 0.15) is 5.82 Å². The predicted octanol–water partition coefficient (Wildman–Crippen LogP) is 5.12. The van der Waals surface area contributed by atoms with Crippen molar-refractivity contribution in [2.24, 2.45) is 0 Å². The monoisotopic (exact) mass is 281 g/mol. The largest absolute Gasteiger partial charge is 0.348 e. The van der Waals surface area contributed by atoms with Gasteiger partial charge in [-0.05, 0) is 34.7 Å². The minimum atomic E-state index is -0.136. The molecule has 1 nitrogen and oxygen atoms in total. The van der Waals surface area contributed by atoms with E-state index in [-0.39, 0.29) is 5.82 Å². The van der Waals surface area contributed by atoms with Gasteiger partial charge < -0.3 is 4.90 Å². The highest BCUT2D eigenvalue weighted by Crippen LogP contribution is 2.38. The Kier molecular flexibility index (Phi) is 3.32. The van der Waals surface area contributed by atoms with Crippen LogP contribution in [0.4, 0.5) is 10.1 Å². The average molecular weight is 281 g/mol. The van der Waals surface area contributed by atoms with E-state index in [1.807, 2.05) is 24.1 Å². The van der Waals surface area contributed by atoms with Crippen molar-refractivity contribution in [1.82, 2.24) is 0 Å². The zero-order valence-electron chi connectivity index (χ0n) is 12.8. The van der Waals surface area contributed by atoms with Crippen molar-refractivity contribution >= 4 is 5.69 Å². The number of halogens is 1. The van der Waals surface area contributed by atoms with Crippen molar-refractivity contribution in [2.45, 2.75) is 26.2 Å². The Hall–Kier alpha value is -2.09. The Morgan fingerprint density at radius 1 is 1.14 bits per heavy atom. The maximum Gasteiger partial charge on any atom is 0.129 e. The standard InChI is InChI=1S/C19H20FN/c1-12(2)14-6-5-7-15(9-14)16-10-18(20)17-8-13(3)21(4)19(17)11-16/h5-7,9-12H,3,8H2,1-2,4H3. The van der Waals surface area contributed by atoms with Crippen LogP contribution in [0.2, 0.25) is 0 Å². The fourth-order valence-electron chi connectivity index (χ4n) is 2.83. The number of likely N-dealkylation sites (N-methyl/N-ethyl adjacent to an activating group) is 1. The highest BCUT2D eigenvalue weighted by molar-refractivity contribution is 5.75. The number of fused-ring (bicyclic) bond motifs is 1. The maximum atomic E-state index is 14.4. The number of hydrogen-bond donors (Lipinski definition) is 0. The van der Waals surface area contributed by atoms with Crippen LogP contribution in [0.5, 0.6) is 0 Å². The molecule has 2 aromatic carbocycles. The Morgan fingerprint density at radius 3 is 2.62 bits per heavy atom. The van der Waals surface area contributed by atoms with E-state index < -0.39 is 0 Å². The summed E-state index contributed by atoms with van der Waals surface area (Å²) in [5.41, 5.74) is 5.89. The molecule has 0 aromatic heterocycles. The third kappa shape index (κ3) is 2.35. The second kappa shape index (κ2) is 5.03. The van der Waals surface area contributed by atoms with E-state index >= 15 is 0 Å². The minimum Gasteiger partial charge on any atom is -0.348 e. The summed E-state index contributed by atoms with van der Waals surface area (Å²) >= 11 is 0. The molecule has 0 atom stereocenters. The number of anilines is 1. The molecular formula is C19H20FN. The predicted molar refractivity (Wildman–Crippen MR) is 87.2 cm³/mol. The van der Waals surface area contributed by atoms with Crippen molar-refractivity contribution in [3.63, 3.8) is 0 Å². The van der Waals surface area contributed by atoms with E-state index in [1.165, 1.54) is 5.56 Å². The molecule has 0 amide bonds. The van der Waals surface area contributed by atoms with E-state index in [1.54, 1.807) is 6.07 Å². The van der Waals surface area contributed by atoms with Gasteiger partial charge in [0.15, 0.2) is 0 Å². The quantitative estimate of drug-likeness (QED) is 0.738. The molecule has 1 aliphatic heterocycles. The van der Waals surface area contributed by atoms with E-state index in [0.29, 0.717) is 12.3 Å². The smallest absolute Gasteiger partial charge is 0.129 e. The third-order valence-electron chi connectivity index (χ3n) is 4.28. The van der Waals surface area contributed by atoms with Gasteiger partial charge >= 0.3 is 0 Å². The zero-order valence-corrected chi connectivity index (χ0v) is 12.8. The first-order valence-electron chi connectivity index (χ1n) is 7.31. The van der Waals surface area contributed by atoms with Gasteiger partial charge in [0.2, 0.25) is 0 Å². The molecule has 2 aromatic rings. The first kappa shape index (κ1) is 13.9. The van der Waals surface area contributed by atoms with Crippen molar-refractivity contribution in [1.29, 1.82) is 0 Å². The summed E-state index contributed by atoms with van der Waals surface area (Å²) in [7, 11) is 1.95. The lowest BCUT2D eigenvalue weighted by Gasteiger charge is -2.15. The van der Waals surface area contributed by atoms with Gasteiger partial charge in [-0.2, -0.15) is 0 Å². The van der Waals surface area contributed by atoms with Crippen LogP contribution in [-0.2, 0) is 6.42 Å². The molecule has 1 heterocycles. The SMILES string of the molecule is C=C1Cc2c(F)cc(-c3cccc(C(C)C)c3)cc2N1C. The number of nitrogens with zero attached hydrogens (tertiary/aromatic N) is 1. The summed E-state index contributed by atoms with van der Waals surface area (Å²) in [6.07, 6.45) is 0.601. The van der Waals surface area contributed by atoms with Gasteiger partial charge in [-0.15, -0.1) is 0 Å². The summed E-state index contributed by atoms with van der Waals surface area (Å²) < 4.78 is 14.4. The van der Waals surface area contributed by atoms with Crippen LogP contribution in [0.15, 0.2) is 48.7 Å². The van der Waals surface area contributed by atoms with Crippen molar-refractivity contribution in [2.75, 3.05) is 11.9 Å². The van der Waals surface area contributed by atoms with Crippen molar-refractivity contribution in [3.8, 4) is 11.1 Å². The summed E-state index contributed by atoms with van der Waals surface area (Å²) in [4.78, 5) is 1.98. The maximum absolute atomic E-state index is 14.4. The Morgan fingerprint density at radius 2 is 1.90 bits per heavy atom. The van der Waals surface area contributed by atoms with Gasteiger partial charge in [-0.25, -0.2) is 4.39 Å². The van der Waals surface area contributed by atoms with Gasteiger partial charge in [0.25, 0.3) is 0 Å². The van der Waals surface area contributed by atoms with Crippen molar-refractivity contribution in [3.05, 3.63) is 65.6 Å². The summed E-state index contributed by atoms with van der Waals surface area (Å²) in [5, 5.41) is 0. The van der Waals surface area contributed by atoms with Crippen LogP contribution in [-0.4, -0.2) is 7.05 Å². The van der Waals surface area contributed by atoms with Gasteiger partial charge in [-0.1, -0.05) is 44.7 Å². The van der Waals surface area contributed by atoms with E-state index in [2.05, 4.69) is 38.6 Å². The molecule has 21 heavy (non-hydrogen) atoms. The summed E-state index contributed by atoms with van der Waals surface area (Å²) in [6.45, 7) is 8.32. The summed E-state index contributed by atoms with van der Waals surface area (Å²) in [5.74, 6) is 0.328. The molecule has 0 radical (unpaired) electrons. The fraction of sp³-hybridized carbons (Fsp3) is 0.263. The molecule has 0 aliphatic carbocycles. The second-order valence-corrected chi connectivity index (χ2v) is 6.04. The molecule has 0 N–H and O–H groups in total. The molecule has 0 saturated carbocycles. The topological polar surface area (TPSA) is 3.24 Å². The molecule has 0 unspecified atom stereocenters. The van der Waals surface area contributed by atoms with Crippen LogP contribution in [0, 0.1) is 5.82 Å². The third-order valence-corrected chi connectivity index (χ3v) is 4.28. The lowest BCUT2D eigenvalue weighted by Crippen LogP contribution is -2.09. The average Bonchev–Trinajstić information content (AvgIpc) is 2.76. The van der Waals surface area contributed by atoms with E-state index in [0.717, 1.165) is 28.1 Å². The van der Waals surface area contributed by atoms with Crippen LogP contribution in [0.25, 0.3) is 11.1 Å². The molecule has 1 aliphatic rings. The Bertz CT molecular complexity index is 716.